The molecule has 0 aliphatic rings. The molecule has 56 heavy (non-hydrogen) atoms. The molecule has 4 heterocycles. The molecule has 0 saturated carbocycles. The van der Waals surface area contributed by atoms with Gasteiger partial charge in [0, 0.05) is 93.9 Å². The number of hydrogen-bond acceptors (Lipinski definition) is 11. The van der Waals surface area contributed by atoms with E-state index < -0.39 is 53.5 Å². The van der Waals surface area contributed by atoms with Gasteiger partial charge < -0.3 is 20.1 Å². The number of aliphatic hydroxyl groups is 2. The number of alkyl halides is 1. The van der Waals surface area contributed by atoms with Crippen molar-refractivity contribution in [1.82, 2.24) is 19.9 Å². The second-order valence-corrected chi connectivity index (χ2v) is 16.6. The first-order chi connectivity index (χ1) is 26.1. The Kier molecular flexibility index (Phi) is 43.2. The van der Waals surface area contributed by atoms with Crippen molar-refractivity contribution in [3.05, 3.63) is 113 Å². The maximum absolute atomic E-state index is 12.9. The molecule has 0 saturated heterocycles. The standard InChI is InChI=1S/C7H5BrFNO2.C6H4BrClFN.C6H3BrFNO2.C6H5BrFNO.C2H6.CH4O.CH4.2Cl2OS/c1-12-7(11)6-5(9)2-4(8)3-10-6;7-4-1-5(9)6(2-8)10-3-4;7-3-1-4(8)5(6(10)11)9-2-3;7-4-1-5(8)6(3-10)9-2-4;2*1-2;;2*1-4(2)3/h2-3H,1H3;1,3H,2H2;1-2H,(H,10,11);1-2,10H,3H2;1-2H3;2H,1H3;1H4;;/i;;;;1D;;;;. The number of ether oxygens (including phenoxy) is 1. The number of carboxylic acids is 1. The highest BCUT2D eigenvalue weighted by molar-refractivity contribution is 9.11. The zero-order valence-corrected chi connectivity index (χ0v) is 39.4. The summed E-state index contributed by atoms with van der Waals surface area (Å²) in [6.45, 7) is 1.93. The number of aromatic carboxylic acids is 1. The first-order valence-corrected chi connectivity index (χ1v) is 22.4. The monoisotopic (exact) mass is 1190 g/mol. The first kappa shape index (κ1) is 61.5. The van der Waals surface area contributed by atoms with Gasteiger partial charge in [0.25, 0.3) is 0 Å². The molecule has 27 heteroatoms. The third kappa shape index (κ3) is 33.8. The molecular formula is C29H31Br4Cl5F4N4O8S2. The molecule has 0 bridgehead atoms. The van der Waals surface area contributed by atoms with Gasteiger partial charge in [-0.2, -0.15) is 0 Å². The number of carbonyl (C=O) groups excluding carboxylic acids is 1. The Morgan fingerprint density at radius 2 is 1.02 bits per heavy atom. The van der Waals surface area contributed by atoms with Gasteiger partial charge in [0.2, 0.25) is 18.5 Å². The Morgan fingerprint density at radius 1 is 0.732 bits per heavy atom. The summed E-state index contributed by atoms with van der Waals surface area (Å²) in [4.78, 5) is 35.3. The normalized spacial score (nSPS) is 9.18. The molecule has 0 atom stereocenters. The molecule has 0 unspecified atom stereocenters. The van der Waals surface area contributed by atoms with Gasteiger partial charge in [-0.15, -0.1) is 11.6 Å². The number of aromatic nitrogens is 4. The summed E-state index contributed by atoms with van der Waals surface area (Å²) in [5.74, 6) is -4.43. The van der Waals surface area contributed by atoms with Crippen LogP contribution in [0.2, 0.25) is 0 Å². The van der Waals surface area contributed by atoms with Crippen LogP contribution in [0.1, 0.15) is 55.0 Å². The highest BCUT2D eigenvalue weighted by Crippen LogP contribution is 2.15. The Hall–Kier alpha value is -1.15. The maximum atomic E-state index is 12.9. The summed E-state index contributed by atoms with van der Waals surface area (Å²) in [6, 6.07) is 4.80. The molecule has 0 radical (unpaired) electrons. The Labute approximate surface area is 382 Å². The summed E-state index contributed by atoms with van der Waals surface area (Å²) in [7, 11) is 16.9. The smallest absolute Gasteiger partial charge is 0.359 e. The van der Waals surface area contributed by atoms with Crippen molar-refractivity contribution in [2.45, 2.75) is 33.7 Å². The number of aliphatic hydroxyl groups excluding tert-OH is 2. The van der Waals surface area contributed by atoms with E-state index in [2.05, 4.69) is 131 Å². The lowest BCUT2D eigenvalue weighted by molar-refractivity contribution is 0.0587. The number of halogens is 13. The molecule has 4 rings (SSSR count). The number of carbonyl (C=O) groups is 2. The zero-order valence-electron chi connectivity index (χ0n) is 28.6. The van der Waals surface area contributed by atoms with Crippen molar-refractivity contribution in [2.75, 3.05) is 14.2 Å². The van der Waals surface area contributed by atoms with E-state index in [4.69, 9.17) is 36.7 Å². The SMILES string of the molecule is C.CO.COC(=O)c1ncc(Br)cc1F.Fc1cc(Br)cnc1CCl.O=C(O)c1ncc(Br)cc1F.O=S(Cl)Cl.O=S(Cl)Cl.OCc1ncc(Br)cc1F.[2H]CC. The van der Waals surface area contributed by atoms with Crippen molar-refractivity contribution in [3.8, 4) is 0 Å². The molecule has 0 aromatic carbocycles. The predicted molar refractivity (Wildman–Crippen MR) is 227 cm³/mol. The lowest BCUT2D eigenvalue weighted by Crippen LogP contribution is -2.06. The fourth-order valence-corrected chi connectivity index (χ4v) is 3.74. The van der Waals surface area contributed by atoms with Crippen LogP contribution in [-0.4, -0.2) is 69.8 Å². The molecule has 3 N–H and O–H groups in total. The predicted octanol–water partition coefficient (Wildman–Crippen LogP) is 11.0. The highest BCUT2D eigenvalue weighted by atomic mass is 79.9. The molecule has 0 aliphatic heterocycles. The molecule has 4 aromatic rings. The van der Waals surface area contributed by atoms with E-state index in [0.29, 0.717) is 24.8 Å². The number of rotatable bonds is 4. The number of methoxy groups -OCH3 is 1. The van der Waals surface area contributed by atoms with Crippen LogP contribution in [0.25, 0.3) is 0 Å². The van der Waals surface area contributed by atoms with E-state index >= 15 is 0 Å². The number of carboxylic acid groups (broad SMARTS) is 1. The van der Waals surface area contributed by atoms with Crippen molar-refractivity contribution in [1.29, 1.82) is 0 Å². The largest absolute Gasteiger partial charge is 0.476 e. The van der Waals surface area contributed by atoms with Gasteiger partial charge in [-0.05, 0) is 88.0 Å². The van der Waals surface area contributed by atoms with Crippen molar-refractivity contribution < 1.29 is 57.0 Å². The average molecular weight is 1200 g/mol. The molecule has 4 aromatic heterocycles. The van der Waals surface area contributed by atoms with Crippen LogP contribution in [0.3, 0.4) is 0 Å². The van der Waals surface area contributed by atoms with Gasteiger partial charge in [0.1, 0.15) is 17.3 Å². The van der Waals surface area contributed by atoms with E-state index in [0.717, 1.165) is 19.2 Å². The van der Waals surface area contributed by atoms with Crippen LogP contribution in [0.4, 0.5) is 17.6 Å². The maximum Gasteiger partial charge on any atom is 0.359 e. The molecule has 0 aliphatic carbocycles. The summed E-state index contributed by atoms with van der Waals surface area (Å²) >= 11 is 17.5. The quantitative estimate of drug-likeness (QED) is 0.0760. The molecule has 318 valence electrons. The molecule has 0 amide bonds. The lowest BCUT2D eigenvalue weighted by atomic mass is 10.3. The number of esters is 1. The number of pyridine rings is 4. The number of nitrogens with zero attached hydrogens (tertiary/aromatic N) is 4. The Bertz CT molecular complexity index is 1750. The first-order valence-electron chi connectivity index (χ1n) is 13.7. The van der Waals surface area contributed by atoms with Crippen LogP contribution in [0.5, 0.6) is 0 Å². The van der Waals surface area contributed by atoms with Crippen molar-refractivity contribution in [3.63, 3.8) is 0 Å². The Morgan fingerprint density at radius 3 is 1.27 bits per heavy atom. The van der Waals surface area contributed by atoms with E-state index in [-0.39, 0.29) is 42.8 Å². The van der Waals surface area contributed by atoms with E-state index in [1.807, 2.05) is 0 Å². The van der Waals surface area contributed by atoms with Gasteiger partial charge >= 0.3 is 11.9 Å². The highest BCUT2D eigenvalue weighted by Gasteiger charge is 2.13. The Balaban J connectivity index is -0.000000191. The summed E-state index contributed by atoms with van der Waals surface area (Å²) in [6.07, 6.45) is 5.51. The van der Waals surface area contributed by atoms with Gasteiger partial charge in [-0.1, -0.05) is 21.3 Å². The van der Waals surface area contributed by atoms with Crippen LogP contribution >= 0.6 is 118 Å². The number of hydrogen-bond donors (Lipinski definition) is 3. The molecule has 0 fully saturated rings. The fraction of sp³-hybridized carbons (Fsp3) is 0.241. The van der Waals surface area contributed by atoms with E-state index in [1.165, 1.54) is 44.0 Å². The molecule has 12 nitrogen and oxygen atoms in total. The zero-order chi connectivity index (χ0) is 44.6. The second-order valence-electron chi connectivity index (χ2n) is 7.59. The summed E-state index contributed by atoms with van der Waals surface area (Å²) in [5.41, 5.74) is -0.512. The van der Waals surface area contributed by atoms with Gasteiger partial charge in [0.15, 0.2) is 23.0 Å². The third-order valence-electron chi connectivity index (χ3n) is 4.24. The summed E-state index contributed by atoms with van der Waals surface area (Å²) in [5, 5.41) is 23.8. The fourth-order valence-electron chi connectivity index (χ4n) is 2.33. The minimum absolute atomic E-state index is 0. The third-order valence-corrected chi connectivity index (χ3v) is 6.23. The van der Waals surface area contributed by atoms with Gasteiger partial charge in [-0.3, -0.25) is 9.97 Å². The summed E-state index contributed by atoms with van der Waals surface area (Å²) < 4.78 is 81.6. The van der Waals surface area contributed by atoms with E-state index in [9.17, 15) is 27.2 Å². The van der Waals surface area contributed by atoms with Crippen LogP contribution in [0.15, 0.2) is 66.9 Å². The lowest BCUT2D eigenvalue weighted by Gasteiger charge is -1.99. The average Bonchev–Trinajstić information content (AvgIpc) is 3.09. The van der Waals surface area contributed by atoms with Crippen LogP contribution < -0.4 is 0 Å². The second kappa shape index (κ2) is 39.3. The van der Waals surface area contributed by atoms with E-state index in [1.54, 1.807) is 6.92 Å². The molecule has 0 spiro atoms. The topological polar surface area (TPSA) is 190 Å². The minimum Gasteiger partial charge on any atom is -0.476 e. The van der Waals surface area contributed by atoms with Gasteiger partial charge in [-0.25, -0.2) is 45.5 Å². The minimum atomic E-state index is -1.67. The molecular weight excluding hydrogens is 1170 g/mol. The van der Waals surface area contributed by atoms with Crippen molar-refractivity contribution in [2.24, 2.45) is 0 Å². The van der Waals surface area contributed by atoms with Crippen LogP contribution in [-0.2, 0) is 35.7 Å². The van der Waals surface area contributed by atoms with Gasteiger partial charge in [0.05, 0.1) is 25.3 Å². The van der Waals surface area contributed by atoms with Crippen molar-refractivity contribution >= 4 is 148 Å². The van der Waals surface area contributed by atoms with Crippen LogP contribution in [0, 0.1) is 23.3 Å².